The van der Waals surface area contributed by atoms with Crippen molar-refractivity contribution in [1.82, 2.24) is 0 Å². The van der Waals surface area contributed by atoms with Crippen LogP contribution in [0.2, 0.25) is 0 Å². The van der Waals surface area contributed by atoms with Crippen LogP contribution in [0, 0.1) is 23.7 Å². The van der Waals surface area contributed by atoms with E-state index in [1.54, 1.807) is 0 Å². The molecular formula is C73H142O17P2. The van der Waals surface area contributed by atoms with Crippen molar-refractivity contribution in [2.24, 2.45) is 23.7 Å². The summed E-state index contributed by atoms with van der Waals surface area (Å²) in [7, 11) is -9.91. The molecule has 0 aromatic heterocycles. The van der Waals surface area contributed by atoms with Crippen molar-refractivity contribution < 1.29 is 80.2 Å². The van der Waals surface area contributed by atoms with Crippen LogP contribution < -0.4 is 0 Å². The summed E-state index contributed by atoms with van der Waals surface area (Å²) in [6, 6.07) is 0. The second-order valence-electron chi connectivity index (χ2n) is 28.0. The van der Waals surface area contributed by atoms with E-state index in [2.05, 4.69) is 55.4 Å². The van der Waals surface area contributed by atoms with E-state index in [1.165, 1.54) is 154 Å². The fourth-order valence-electron chi connectivity index (χ4n) is 11.0. The van der Waals surface area contributed by atoms with Crippen molar-refractivity contribution in [1.29, 1.82) is 0 Å². The van der Waals surface area contributed by atoms with Crippen molar-refractivity contribution in [2.75, 3.05) is 39.6 Å². The third-order valence-corrected chi connectivity index (χ3v) is 19.1. The van der Waals surface area contributed by atoms with E-state index < -0.39 is 97.5 Å². The molecule has 92 heavy (non-hydrogen) atoms. The summed E-state index contributed by atoms with van der Waals surface area (Å²) in [5.41, 5.74) is 0. The first-order chi connectivity index (χ1) is 44.1. The molecule has 0 saturated heterocycles. The lowest BCUT2D eigenvalue weighted by molar-refractivity contribution is -0.161. The topological polar surface area (TPSA) is 237 Å². The van der Waals surface area contributed by atoms with Crippen molar-refractivity contribution in [3.05, 3.63) is 0 Å². The third-order valence-electron chi connectivity index (χ3n) is 17.2. The van der Waals surface area contributed by atoms with Crippen LogP contribution in [0.25, 0.3) is 0 Å². The van der Waals surface area contributed by atoms with E-state index in [1.807, 2.05) is 0 Å². The lowest BCUT2D eigenvalue weighted by atomic mass is 10.00. The molecule has 0 saturated carbocycles. The van der Waals surface area contributed by atoms with Gasteiger partial charge in [-0.3, -0.25) is 37.3 Å². The van der Waals surface area contributed by atoms with Gasteiger partial charge in [-0.1, -0.05) is 312 Å². The number of hydrogen-bond donors (Lipinski definition) is 3. The molecule has 0 radical (unpaired) electrons. The van der Waals surface area contributed by atoms with Crippen molar-refractivity contribution in [3.8, 4) is 0 Å². The minimum absolute atomic E-state index is 0.105. The van der Waals surface area contributed by atoms with Crippen LogP contribution in [0.5, 0.6) is 0 Å². The maximum Gasteiger partial charge on any atom is 0.472 e. The number of aliphatic hydroxyl groups is 1. The minimum Gasteiger partial charge on any atom is -0.462 e. The SMILES string of the molecule is CCC(C)CCCCCCCCC(=O)OC[C@H](COP(=O)(O)OCC(O)COP(=O)(O)OC[C@@H](COC(=O)CCCCCCCCCC(C)C)OC(=O)CCCCCCCCCCCCC(C)C)OC(=O)CCCCCCCCCCCCCCCCCCC(C)C. The molecule has 19 heteroatoms. The Morgan fingerprint density at radius 1 is 0.304 bits per heavy atom. The van der Waals surface area contributed by atoms with Crippen molar-refractivity contribution in [2.45, 2.75) is 382 Å². The number of phosphoric ester groups is 2. The molecule has 0 amide bonds. The van der Waals surface area contributed by atoms with Crippen LogP contribution in [0.3, 0.4) is 0 Å². The average Bonchev–Trinajstić information content (AvgIpc) is 3.47. The molecule has 0 rings (SSSR count). The molecule has 3 N–H and O–H groups in total. The molecule has 6 atom stereocenters. The minimum atomic E-state index is -4.95. The van der Waals surface area contributed by atoms with Gasteiger partial charge in [0.15, 0.2) is 12.2 Å². The summed E-state index contributed by atoms with van der Waals surface area (Å²) < 4.78 is 68.4. The smallest absolute Gasteiger partial charge is 0.462 e. The molecule has 546 valence electrons. The van der Waals surface area contributed by atoms with Gasteiger partial charge in [-0.25, -0.2) is 9.13 Å². The largest absolute Gasteiger partial charge is 0.472 e. The predicted molar refractivity (Wildman–Crippen MR) is 372 cm³/mol. The highest BCUT2D eigenvalue weighted by atomic mass is 31.2. The van der Waals surface area contributed by atoms with Gasteiger partial charge in [0, 0.05) is 25.7 Å². The number of aliphatic hydroxyl groups excluding tert-OH is 1. The number of phosphoric acid groups is 2. The summed E-state index contributed by atoms with van der Waals surface area (Å²) in [4.78, 5) is 72.6. The molecule has 0 bridgehead atoms. The summed E-state index contributed by atoms with van der Waals surface area (Å²) in [5.74, 6) is 0.870. The Hall–Kier alpha value is -1.94. The zero-order valence-corrected chi connectivity index (χ0v) is 62.0. The van der Waals surface area contributed by atoms with Gasteiger partial charge in [-0.15, -0.1) is 0 Å². The number of carbonyl (C=O) groups excluding carboxylic acids is 4. The van der Waals surface area contributed by atoms with Crippen LogP contribution in [-0.2, 0) is 65.4 Å². The second-order valence-corrected chi connectivity index (χ2v) is 30.9. The standard InChI is InChI=1S/C73H142O17P2/c1-9-66(8)52-44-36-31-32-38-46-54-71(76)84-60-69(90-72(77)55-47-39-28-22-17-15-13-11-10-12-14-16-20-25-33-41-49-63(2)3)62-88-92(81,82)86-58-67(74)57-85-91(79,80)87-61-68(59-83-70(75)53-45-37-30-24-27-35-43-51-65(6)7)89-73(78)56-48-40-29-23-19-18-21-26-34-42-50-64(4)5/h63-69,74H,9-62H2,1-8H3,(H,79,80)(H,81,82)/t66?,67?,68-,69-/m1/s1. The Labute approximate surface area is 562 Å². The molecule has 0 aromatic carbocycles. The molecule has 17 nitrogen and oxygen atoms in total. The predicted octanol–water partition coefficient (Wildman–Crippen LogP) is 20.9. The number of carbonyl (C=O) groups is 4. The van der Waals surface area contributed by atoms with Gasteiger partial charge in [0.1, 0.15) is 19.3 Å². The number of rotatable bonds is 70. The Kier molecular flexibility index (Phi) is 61.3. The highest BCUT2D eigenvalue weighted by Crippen LogP contribution is 2.45. The van der Waals surface area contributed by atoms with Gasteiger partial charge in [0.2, 0.25) is 0 Å². The third kappa shape index (κ3) is 65.4. The van der Waals surface area contributed by atoms with E-state index in [-0.39, 0.29) is 25.7 Å². The first kappa shape index (κ1) is 90.1. The zero-order valence-electron chi connectivity index (χ0n) is 60.2. The Morgan fingerprint density at radius 3 is 0.772 bits per heavy atom. The first-order valence-corrected chi connectivity index (χ1v) is 40.7. The fourth-order valence-corrected chi connectivity index (χ4v) is 12.6. The zero-order chi connectivity index (χ0) is 68.2. The maximum atomic E-state index is 13.0. The van der Waals surface area contributed by atoms with Gasteiger partial charge in [0.05, 0.1) is 26.4 Å². The molecule has 0 aliphatic carbocycles. The Morgan fingerprint density at radius 2 is 0.522 bits per heavy atom. The summed E-state index contributed by atoms with van der Waals surface area (Å²) >= 11 is 0. The average molecular weight is 1350 g/mol. The second kappa shape index (κ2) is 62.6. The van der Waals surface area contributed by atoms with E-state index in [0.717, 1.165) is 120 Å². The van der Waals surface area contributed by atoms with Gasteiger partial charge < -0.3 is 33.8 Å². The highest BCUT2D eigenvalue weighted by molar-refractivity contribution is 7.47. The number of unbranched alkanes of at least 4 members (excludes halogenated alkanes) is 35. The highest BCUT2D eigenvalue weighted by Gasteiger charge is 2.30. The van der Waals surface area contributed by atoms with Gasteiger partial charge >= 0.3 is 39.5 Å². The first-order valence-electron chi connectivity index (χ1n) is 37.7. The number of esters is 4. The maximum absolute atomic E-state index is 13.0. The van der Waals surface area contributed by atoms with Crippen molar-refractivity contribution in [3.63, 3.8) is 0 Å². The number of ether oxygens (including phenoxy) is 4. The van der Waals surface area contributed by atoms with Crippen LogP contribution in [0.1, 0.15) is 364 Å². The van der Waals surface area contributed by atoms with E-state index >= 15 is 0 Å². The van der Waals surface area contributed by atoms with Crippen LogP contribution in [0.15, 0.2) is 0 Å². The Bertz CT molecular complexity index is 1820. The van der Waals surface area contributed by atoms with Crippen molar-refractivity contribution >= 4 is 39.5 Å². The molecule has 0 aliphatic heterocycles. The Balaban J connectivity index is 5.21. The monoisotopic (exact) mass is 1350 g/mol. The van der Waals surface area contributed by atoms with Gasteiger partial charge in [-0.2, -0.15) is 0 Å². The van der Waals surface area contributed by atoms with E-state index in [4.69, 9.17) is 37.0 Å². The van der Waals surface area contributed by atoms with E-state index in [0.29, 0.717) is 31.6 Å². The molecule has 4 unspecified atom stereocenters. The summed E-state index contributed by atoms with van der Waals surface area (Å²) in [6.07, 6.45) is 46.0. The molecule has 0 heterocycles. The summed E-state index contributed by atoms with van der Waals surface area (Å²) in [5, 5.41) is 10.6. The quantitative estimate of drug-likeness (QED) is 0.0222. The van der Waals surface area contributed by atoms with E-state index in [9.17, 15) is 43.2 Å². The fraction of sp³-hybridized carbons (Fsp3) is 0.945. The van der Waals surface area contributed by atoms with Gasteiger partial charge in [-0.05, 0) is 49.4 Å². The molecule has 0 aromatic rings. The normalized spacial score (nSPS) is 14.5. The van der Waals surface area contributed by atoms with Crippen LogP contribution >= 0.6 is 15.6 Å². The van der Waals surface area contributed by atoms with Crippen LogP contribution in [-0.4, -0.2) is 96.7 Å². The molecule has 0 aliphatic rings. The summed E-state index contributed by atoms with van der Waals surface area (Å²) in [6.45, 7) is 14.1. The molecule has 0 fully saturated rings. The lowest BCUT2D eigenvalue weighted by Crippen LogP contribution is -2.30. The number of hydrogen-bond acceptors (Lipinski definition) is 15. The van der Waals surface area contributed by atoms with Crippen LogP contribution in [0.4, 0.5) is 0 Å². The molecular weight excluding hydrogens is 1210 g/mol. The van der Waals surface area contributed by atoms with Gasteiger partial charge in [0.25, 0.3) is 0 Å². The molecule has 0 spiro atoms. The lowest BCUT2D eigenvalue weighted by Gasteiger charge is -2.21.